The van der Waals surface area contributed by atoms with Gasteiger partial charge >= 0.3 is 0 Å². The van der Waals surface area contributed by atoms with E-state index in [1.165, 1.54) is 38.1 Å². The summed E-state index contributed by atoms with van der Waals surface area (Å²) in [6, 6.07) is 1.69. The van der Waals surface area contributed by atoms with E-state index in [1.807, 2.05) is 0 Å². The van der Waals surface area contributed by atoms with Gasteiger partial charge in [-0.1, -0.05) is 6.92 Å². The van der Waals surface area contributed by atoms with Crippen LogP contribution >= 0.6 is 11.8 Å². The molecule has 0 aromatic heterocycles. The average Bonchev–Trinajstić information content (AvgIpc) is 2.74. The van der Waals surface area contributed by atoms with Gasteiger partial charge in [0.25, 0.3) is 0 Å². The first-order valence-corrected chi connectivity index (χ1v) is 6.88. The number of nitrogens with zero attached hydrogens (tertiary/aromatic N) is 1. The zero-order valence-corrected chi connectivity index (χ0v) is 10.1. The summed E-state index contributed by atoms with van der Waals surface area (Å²) < 4.78 is 0. The third-order valence-corrected chi connectivity index (χ3v) is 4.85. The van der Waals surface area contributed by atoms with E-state index in [1.54, 1.807) is 0 Å². The molecule has 0 radical (unpaired) electrons. The molecule has 2 rings (SSSR count). The number of hydrogen-bond donors (Lipinski definition) is 1. The van der Waals surface area contributed by atoms with Gasteiger partial charge < -0.3 is 5.32 Å². The van der Waals surface area contributed by atoms with Crippen LogP contribution in [0.25, 0.3) is 0 Å². The number of nitrogens with one attached hydrogen (secondary N) is 1. The summed E-state index contributed by atoms with van der Waals surface area (Å²) in [6.07, 6.45) is 4.21. The molecular weight excluding hydrogens is 192 g/mol. The highest BCUT2D eigenvalue weighted by molar-refractivity contribution is 8.00. The van der Waals surface area contributed by atoms with Crippen LogP contribution in [0, 0.1) is 0 Å². The first kappa shape index (κ1) is 10.8. The zero-order valence-electron chi connectivity index (χ0n) is 9.33. The lowest BCUT2D eigenvalue weighted by Crippen LogP contribution is -2.43. The molecule has 3 heteroatoms. The van der Waals surface area contributed by atoms with Crippen molar-refractivity contribution in [3.8, 4) is 0 Å². The maximum atomic E-state index is 3.33. The minimum atomic E-state index is 0.816. The van der Waals surface area contributed by atoms with Gasteiger partial charge in [-0.05, 0) is 32.9 Å². The molecule has 0 aromatic carbocycles. The van der Waals surface area contributed by atoms with E-state index in [0.717, 1.165) is 17.3 Å². The quantitative estimate of drug-likeness (QED) is 0.767. The van der Waals surface area contributed by atoms with E-state index in [9.17, 15) is 0 Å². The van der Waals surface area contributed by atoms with Crippen LogP contribution in [0.4, 0.5) is 0 Å². The Morgan fingerprint density at radius 3 is 3.00 bits per heavy atom. The Bertz CT molecular complexity index is 186. The predicted octanol–water partition coefficient (Wildman–Crippen LogP) is 1.56. The molecule has 1 N–H and O–H groups in total. The van der Waals surface area contributed by atoms with Crippen LogP contribution in [0.15, 0.2) is 0 Å². The van der Waals surface area contributed by atoms with Gasteiger partial charge in [-0.3, -0.25) is 4.90 Å². The lowest BCUT2D eigenvalue weighted by Gasteiger charge is -2.30. The van der Waals surface area contributed by atoms with Gasteiger partial charge in [0.2, 0.25) is 0 Å². The number of likely N-dealkylation sites (tertiary alicyclic amines) is 1. The SMILES string of the molecule is CNCC1CCCN1C1CSC(C)C1. The standard InChI is InChI=1S/C11H22N2S/c1-9-6-11(8-14-9)13-5-3-4-10(13)7-12-2/h9-12H,3-8H2,1-2H3. The zero-order chi connectivity index (χ0) is 9.97. The lowest BCUT2D eigenvalue weighted by molar-refractivity contribution is 0.190. The Hall–Kier alpha value is 0.270. The molecule has 14 heavy (non-hydrogen) atoms. The van der Waals surface area contributed by atoms with Crippen LogP contribution < -0.4 is 5.32 Å². The predicted molar refractivity (Wildman–Crippen MR) is 64.0 cm³/mol. The second-order valence-electron chi connectivity index (χ2n) is 4.63. The second-order valence-corrected chi connectivity index (χ2v) is 6.10. The molecule has 0 saturated carbocycles. The van der Waals surface area contributed by atoms with E-state index in [0.29, 0.717) is 0 Å². The van der Waals surface area contributed by atoms with Crippen LogP contribution in [-0.4, -0.2) is 48.1 Å². The van der Waals surface area contributed by atoms with Crippen LogP contribution in [0.2, 0.25) is 0 Å². The summed E-state index contributed by atoms with van der Waals surface area (Å²) in [7, 11) is 2.07. The third kappa shape index (κ3) is 2.26. The minimum Gasteiger partial charge on any atom is -0.318 e. The molecule has 0 spiro atoms. The highest BCUT2D eigenvalue weighted by atomic mass is 32.2. The van der Waals surface area contributed by atoms with E-state index in [-0.39, 0.29) is 0 Å². The monoisotopic (exact) mass is 214 g/mol. The summed E-state index contributed by atoms with van der Waals surface area (Å²) in [4.78, 5) is 2.76. The van der Waals surface area contributed by atoms with Gasteiger partial charge in [-0.2, -0.15) is 11.8 Å². The van der Waals surface area contributed by atoms with Crippen molar-refractivity contribution in [1.29, 1.82) is 0 Å². The average molecular weight is 214 g/mol. The highest BCUT2D eigenvalue weighted by Gasteiger charge is 2.34. The Kier molecular flexibility index (Phi) is 3.74. The van der Waals surface area contributed by atoms with Gasteiger partial charge in [-0.25, -0.2) is 0 Å². The first-order chi connectivity index (χ1) is 6.81. The van der Waals surface area contributed by atoms with Crippen LogP contribution in [0.5, 0.6) is 0 Å². The van der Waals surface area contributed by atoms with Gasteiger partial charge in [-0.15, -0.1) is 0 Å². The number of thioether (sulfide) groups is 1. The molecule has 0 bridgehead atoms. The van der Waals surface area contributed by atoms with E-state index < -0.39 is 0 Å². The molecule has 3 unspecified atom stereocenters. The first-order valence-electron chi connectivity index (χ1n) is 5.83. The second kappa shape index (κ2) is 4.86. The molecule has 2 fully saturated rings. The summed E-state index contributed by atoms with van der Waals surface area (Å²) in [5.41, 5.74) is 0. The van der Waals surface area contributed by atoms with E-state index >= 15 is 0 Å². The number of hydrogen-bond acceptors (Lipinski definition) is 3. The Balaban J connectivity index is 1.89. The van der Waals surface area contributed by atoms with Crippen molar-refractivity contribution in [2.24, 2.45) is 0 Å². The maximum absolute atomic E-state index is 3.33. The molecule has 3 atom stereocenters. The molecule has 82 valence electrons. The van der Waals surface area contributed by atoms with Crippen LogP contribution in [0.1, 0.15) is 26.2 Å². The Labute approximate surface area is 91.8 Å². The van der Waals surface area contributed by atoms with Crippen molar-refractivity contribution in [2.75, 3.05) is 25.9 Å². The van der Waals surface area contributed by atoms with Gasteiger partial charge in [0.15, 0.2) is 0 Å². The van der Waals surface area contributed by atoms with Crippen LogP contribution in [-0.2, 0) is 0 Å². The normalized spacial score (nSPS) is 39.4. The highest BCUT2D eigenvalue weighted by Crippen LogP contribution is 2.33. The molecule has 2 aliphatic heterocycles. The minimum absolute atomic E-state index is 0.816. The molecule has 0 aliphatic carbocycles. The van der Waals surface area contributed by atoms with Crippen molar-refractivity contribution >= 4 is 11.8 Å². The van der Waals surface area contributed by atoms with Crippen molar-refractivity contribution in [2.45, 2.75) is 43.5 Å². The topological polar surface area (TPSA) is 15.3 Å². The Morgan fingerprint density at radius 2 is 2.36 bits per heavy atom. The van der Waals surface area contributed by atoms with Gasteiger partial charge in [0, 0.05) is 29.6 Å². The fourth-order valence-electron chi connectivity index (χ4n) is 2.82. The molecule has 2 heterocycles. The number of likely N-dealkylation sites (N-methyl/N-ethyl adjacent to an activating group) is 1. The largest absolute Gasteiger partial charge is 0.318 e. The summed E-state index contributed by atoms with van der Waals surface area (Å²) in [5.74, 6) is 1.36. The smallest absolute Gasteiger partial charge is 0.0224 e. The fraction of sp³-hybridized carbons (Fsp3) is 1.00. The third-order valence-electron chi connectivity index (χ3n) is 3.51. The van der Waals surface area contributed by atoms with Crippen molar-refractivity contribution in [1.82, 2.24) is 10.2 Å². The van der Waals surface area contributed by atoms with E-state index in [4.69, 9.17) is 0 Å². The molecule has 2 saturated heterocycles. The van der Waals surface area contributed by atoms with Crippen molar-refractivity contribution in [3.05, 3.63) is 0 Å². The Morgan fingerprint density at radius 1 is 1.50 bits per heavy atom. The van der Waals surface area contributed by atoms with Crippen molar-refractivity contribution in [3.63, 3.8) is 0 Å². The molecule has 2 aliphatic rings. The summed E-state index contributed by atoms with van der Waals surface area (Å²) in [5, 5.41) is 4.21. The van der Waals surface area contributed by atoms with Gasteiger partial charge in [0.05, 0.1) is 0 Å². The summed E-state index contributed by atoms with van der Waals surface area (Å²) >= 11 is 2.15. The van der Waals surface area contributed by atoms with Crippen molar-refractivity contribution < 1.29 is 0 Å². The molecular formula is C11H22N2S. The molecule has 2 nitrogen and oxygen atoms in total. The van der Waals surface area contributed by atoms with Crippen LogP contribution in [0.3, 0.4) is 0 Å². The molecule has 0 amide bonds. The molecule has 0 aromatic rings. The number of rotatable bonds is 3. The maximum Gasteiger partial charge on any atom is 0.0224 e. The fourth-order valence-corrected chi connectivity index (χ4v) is 4.06. The van der Waals surface area contributed by atoms with Gasteiger partial charge in [0.1, 0.15) is 0 Å². The summed E-state index contributed by atoms with van der Waals surface area (Å²) in [6.45, 7) is 4.88. The lowest BCUT2D eigenvalue weighted by atomic mass is 10.1. The van der Waals surface area contributed by atoms with E-state index in [2.05, 4.69) is 35.9 Å².